The fraction of sp³-hybridized carbons (Fsp3) is 0.167. The van der Waals surface area contributed by atoms with Crippen LogP contribution in [0, 0.1) is 0 Å². The van der Waals surface area contributed by atoms with Gasteiger partial charge < -0.3 is 21.1 Å². The van der Waals surface area contributed by atoms with Gasteiger partial charge in [-0.15, -0.1) is 0 Å². The van der Waals surface area contributed by atoms with Crippen LogP contribution >= 0.6 is 0 Å². The summed E-state index contributed by atoms with van der Waals surface area (Å²) < 4.78 is 0. The minimum atomic E-state index is 0.279. The van der Waals surface area contributed by atoms with Gasteiger partial charge >= 0.3 is 0 Å². The number of aromatic hydroxyl groups is 1. The largest absolute Gasteiger partial charge is 0.508 e. The molecule has 1 aromatic heterocycles. The molecule has 0 bridgehead atoms. The zero-order valence-corrected chi connectivity index (χ0v) is 9.64. The third kappa shape index (κ3) is 1.88. The third-order valence-corrected chi connectivity index (χ3v) is 2.81. The molecule has 0 unspecified atom stereocenters. The SMILES string of the molecule is Oc1ccccc1CNc1ncnc2c1NCN2. The normalized spacial score (nSPS) is 12.4. The average Bonchev–Trinajstić information content (AvgIpc) is 2.86. The van der Waals surface area contributed by atoms with Gasteiger partial charge in [0.15, 0.2) is 11.6 Å². The zero-order chi connectivity index (χ0) is 12.4. The molecule has 0 saturated heterocycles. The molecule has 92 valence electrons. The van der Waals surface area contributed by atoms with Crippen molar-refractivity contribution >= 4 is 17.3 Å². The topological polar surface area (TPSA) is 82.1 Å². The monoisotopic (exact) mass is 243 g/mol. The molecule has 6 nitrogen and oxygen atoms in total. The summed E-state index contributed by atoms with van der Waals surface area (Å²) in [7, 11) is 0. The second kappa shape index (κ2) is 4.40. The van der Waals surface area contributed by atoms with Crippen molar-refractivity contribution in [1.82, 2.24) is 9.97 Å². The Morgan fingerprint density at radius 1 is 1.22 bits per heavy atom. The fourth-order valence-electron chi connectivity index (χ4n) is 1.88. The van der Waals surface area contributed by atoms with E-state index in [0.717, 1.165) is 22.9 Å². The van der Waals surface area contributed by atoms with E-state index in [1.807, 2.05) is 12.1 Å². The lowest BCUT2D eigenvalue weighted by atomic mass is 10.2. The highest BCUT2D eigenvalue weighted by atomic mass is 16.3. The van der Waals surface area contributed by atoms with Crippen molar-refractivity contribution in [2.75, 3.05) is 22.6 Å². The Kier molecular flexibility index (Phi) is 2.60. The lowest BCUT2D eigenvalue weighted by Crippen LogP contribution is -2.04. The molecule has 1 aliphatic rings. The van der Waals surface area contributed by atoms with Gasteiger partial charge in [-0.05, 0) is 6.07 Å². The summed E-state index contributed by atoms with van der Waals surface area (Å²) in [5.74, 6) is 1.81. The molecule has 4 N–H and O–H groups in total. The van der Waals surface area contributed by atoms with Gasteiger partial charge in [-0.3, -0.25) is 0 Å². The van der Waals surface area contributed by atoms with E-state index in [0.29, 0.717) is 13.2 Å². The van der Waals surface area contributed by atoms with Crippen molar-refractivity contribution in [3.8, 4) is 5.75 Å². The van der Waals surface area contributed by atoms with Gasteiger partial charge in [0.05, 0.1) is 6.67 Å². The molecule has 2 heterocycles. The van der Waals surface area contributed by atoms with Crippen LogP contribution in [0.4, 0.5) is 17.3 Å². The van der Waals surface area contributed by atoms with Crippen LogP contribution in [0.2, 0.25) is 0 Å². The predicted octanol–water partition coefficient (Wildman–Crippen LogP) is 1.59. The lowest BCUT2D eigenvalue weighted by molar-refractivity contribution is 0.469. The zero-order valence-electron chi connectivity index (χ0n) is 9.64. The predicted molar refractivity (Wildman–Crippen MR) is 69.6 cm³/mol. The maximum Gasteiger partial charge on any atom is 0.156 e. The van der Waals surface area contributed by atoms with Gasteiger partial charge in [-0.2, -0.15) is 0 Å². The van der Waals surface area contributed by atoms with E-state index in [1.165, 1.54) is 6.33 Å². The van der Waals surface area contributed by atoms with Crippen LogP contribution in [0.3, 0.4) is 0 Å². The maximum absolute atomic E-state index is 9.68. The highest BCUT2D eigenvalue weighted by Gasteiger charge is 2.15. The molecule has 0 atom stereocenters. The number of para-hydroxylation sites is 1. The number of aromatic nitrogens is 2. The minimum absolute atomic E-state index is 0.279. The van der Waals surface area contributed by atoms with Crippen molar-refractivity contribution in [1.29, 1.82) is 0 Å². The molecule has 0 amide bonds. The molecule has 0 fully saturated rings. The van der Waals surface area contributed by atoms with Gasteiger partial charge in [0.25, 0.3) is 0 Å². The Balaban J connectivity index is 1.78. The molecule has 0 radical (unpaired) electrons. The quantitative estimate of drug-likeness (QED) is 0.655. The number of hydrogen-bond acceptors (Lipinski definition) is 6. The molecule has 0 spiro atoms. The number of hydrogen-bond donors (Lipinski definition) is 4. The molecular formula is C12H13N5O. The van der Waals surface area contributed by atoms with Gasteiger partial charge in [-0.25, -0.2) is 9.97 Å². The second-order valence-corrected chi connectivity index (χ2v) is 3.96. The van der Waals surface area contributed by atoms with E-state index in [9.17, 15) is 5.11 Å². The summed E-state index contributed by atoms with van der Waals surface area (Å²) in [6.45, 7) is 1.16. The lowest BCUT2D eigenvalue weighted by Gasteiger charge is -2.09. The first kappa shape index (κ1) is 10.6. The first-order valence-corrected chi connectivity index (χ1v) is 5.68. The molecule has 2 aromatic rings. The Morgan fingerprint density at radius 2 is 2.11 bits per heavy atom. The number of phenolic OH excluding ortho intramolecular Hbond substituents is 1. The smallest absolute Gasteiger partial charge is 0.156 e. The Hall–Kier alpha value is -2.50. The van der Waals surface area contributed by atoms with Crippen molar-refractivity contribution in [3.05, 3.63) is 36.2 Å². The van der Waals surface area contributed by atoms with Crippen molar-refractivity contribution in [2.24, 2.45) is 0 Å². The van der Waals surface area contributed by atoms with Gasteiger partial charge in [0.1, 0.15) is 17.8 Å². The number of anilines is 3. The summed E-state index contributed by atoms with van der Waals surface area (Å²) in [6.07, 6.45) is 1.51. The number of rotatable bonds is 3. The molecular weight excluding hydrogens is 230 g/mol. The maximum atomic E-state index is 9.68. The fourth-order valence-corrected chi connectivity index (χ4v) is 1.88. The van der Waals surface area contributed by atoms with Crippen LogP contribution < -0.4 is 16.0 Å². The van der Waals surface area contributed by atoms with Gasteiger partial charge in [0.2, 0.25) is 0 Å². The van der Waals surface area contributed by atoms with Crippen LogP contribution in [0.1, 0.15) is 5.56 Å². The summed E-state index contributed by atoms with van der Waals surface area (Å²) >= 11 is 0. The summed E-state index contributed by atoms with van der Waals surface area (Å²) in [5, 5.41) is 19.1. The van der Waals surface area contributed by atoms with Crippen LogP contribution in [0.15, 0.2) is 30.6 Å². The Morgan fingerprint density at radius 3 is 3.00 bits per heavy atom. The van der Waals surface area contributed by atoms with Crippen LogP contribution in [-0.2, 0) is 6.54 Å². The van der Waals surface area contributed by atoms with Gasteiger partial charge in [0, 0.05) is 12.1 Å². The summed E-state index contributed by atoms with van der Waals surface area (Å²) in [4.78, 5) is 8.31. The van der Waals surface area contributed by atoms with E-state index in [4.69, 9.17) is 0 Å². The molecule has 1 aromatic carbocycles. The summed E-state index contributed by atoms with van der Waals surface area (Å²) in [6, 6.07) is 7.23. The van der Waals surface area contributed by atoms with Crippen molar-refractivity contribution in [2.45, 2.75) is 6.54 Å². The highest BCUT2D eigenvalue weighted by molar-refractivity contribution is 5.80. The number of fused-ring (bicyclic) bond motifs is 1. The Bertz CT molecular complexity index is 572. The standard InChI is InChI=1S/C12H13N5O/c18-9-4-2-1-3-8(9)5-13-11-10-12(15-6-14-10)17-7-16-11/h1-4,7,14,18H,5-6H2,(H2,13,15,16,17). The number of benzene rings is 1. The van der Waals surface area contributed by atoms with Crippen molar-refractivity contribution in [3.63, 3.8) is 0 Å². The van der Waals surface area contributed by atoms with E-state index in [-0.39, 0.29) is 5.75 Å². The molecule has 1 aliphatic heterocycles. The highest BCUT2D eigenvalue weighted by Crippen LogP contribution is 2.30. The van der Waals surface area contributed by atoms with E-state index in [1.54, 1.807) is 12.1 Å². The Labute approximate surface area is 104 Å². The first-order chi connectivity index (χ1) is 8.84. The molecule has 18 heavy (non-hydrogen) atoms. The third-order valence-electron chi connectivity index (χ3n) is 2.81. The summed E-state index contributed by atoms with van der Waals surface area (Å²) in [5.41, 5.74) is 1.70. The molecule has 6 heteroatoms. The van der Waals surface area contributed by atoms with Crippen LogP contribution in [-0.4, -0.2) is 21.7 Å². The van der Waals surface area contributed by atoms with Gasteiger partial charge in [-0.1, -0.05) is 18.2 Å². The van der Waals surface area contributed by atoms with E-state index in [2.05, 4.69) is 25.9 Å². The molecule has 0 aliphatic carbocycles. The van der Waals surface area contributed by atoms with Crippen LogP contribution in [0.5, 0.6) is 5.75 Å². The number of nitrogens with zero attached hydrogens (tertiary/aromatic N) is 2. The molecule has 0 saturated carbocycles. The van der Waals surface area contributed by atoms with Crippen LogP contribution in [0.25, 0.3) is 0 Å². The second-order valence-electron chi connectivity index (χ2n) is 3.96. The molecule has 3 rings (SSSR count). The minimum Gasteiger partial charge on any atom is -0.508 e. The number of phenols is 1. The van der Waals surface area contributed by atoms with E-state index >= 15 is 0 Å². The van der Waals surface area contributed by atoms with Crippen molar-refractivity contribution < 1.29 is 5.11 Å². The van der Waals surface area contributed by atoms with E-state index < -0.39 is 0 Å². The number of nitrogens with one attached hydrogen (secondary N) is 3. The first-order valence-electron chi connectivity index (χ1n) is 5.68. The average molecular weight is 243 g/mol.